The van der Waals surface area contributed by atoms with Gasteiger partial charge in [-0.3, -0.25) is 4.90 Å². The van der Waals surface area contributed by atoms with Gasteiger partial charge in [-0.1, -0.05) is 24.3 Å². The summed E-state index contributed by atoms with van der Waals surface area (Å²) < 4.78 is 5.40. The highest BCUT2D eigenvalue weighted by Crippen LogP contribution is 2.46. The predicted octanol–water partition coefficient (Wildman–Crippen LogP) is 2.40. The lowest BCUT2D eigenvalue weighted by molar-refractivity contribution is 0.0206. The lowest BCUT2D eigenvalue weighted by Crippen LogP contribution is -2.52. The van der Waals surface area contributed by atoms with E-state index in [0.29, 0.717) is 18.0 Å². The van der Waals surface area contributed by atoms with E-state index in [0.717, 1.165) is 52.2 Å². The van der Waals surface area contributed by atoms with E-state index in [1.54, 1.807) is 5.56 Å². The smallest absolute Gasteiger partial charge is 0.317 e. The van der Waals surface area contributed by atoms with Crippen LogP contribution in [0, 0.1) is 0 Å². The summed E-state index contributed by atoms with van der Waals surface area (Å²) in [6, 6.07) is 9.36. The minimum absolute atomic E-state index is 0.103. The number of piperidine rings is 1. The maximum Gasteiger partial charge on any atom is 0.317 e. The van der Waals surface area contributed by atoms with Gasteiger partial charge in [-0.15, -0.1) is 0 Å². The lowest BCUT2D eigenvalue weighted by atomic mass is 9.74. The van der Waals surface area contributed by atoms with E-state index in [9.17, 15) is 4.79 Å². The third-order valence-electron chi connectivity index (χ3n) is 6.69. The highest BCUT2D eigenvalue weighted by molar-refractivity contribution is 5.74. The van der Waals surface area contributed by atoms with Gasteiger partial charge in [0.25, 0.3) is 0 Å². The molecular weight excluding hydrogens is 326 g/mol. The standard InChI is InChI=1S/C21H31N3O2/c1-17(23-12-14-26-15-13-23)16-22-20(25)24-10-8-21(9-11-24)7-6-18-4-2-3-5-19(18)21/h2-5,17H,6-16H2,1H3,(H,22,25)/t17-/m1/s1. The number of nitrogens with zero attached hydrogens (tertiary/aromatic N) is 2. The summed E-state index contributed by atoms with van der Waals surface area (Å²) in [5, 5.41) is 3.15. The van der Waals surface area contributed by atoms with Crippen molar-refractivity contribution in [3.8, 4) is 0 Å². The van der Waals surface area contributed by atoms with Crippen molar-refractivity contribution < 1.29 is 9.53 Å². The highest BCUT2D eigenvalue weighted by atomic mass is 16.5. The van der Waals surface area contributed by atoms with Crippen LogP contribution >= 0.6 is 0 Å². The Morgan fingerprint density at radius 1 is 1.15 bits per heavy atom. The van der Waals surface area contributed by atoms with Crippen molar-refractivity contribution in [3.63, 3.8) is 0 Å². The second-order valence-corrected chi connectivity index (χ2v) is 8.11. The molecule has 1 aliphatic carbocycles. The SMILES string of the molecule is C[C@H](CNC(=O)N1CCC2(CCc3ccccc32)CC1)N1CCOCC1. The van der Waals surface area contributed by atoms with Crippen molar-refractivity contribution in [1.82, 2.24) is 15.1 Å². The molecule has 2 amide bonds. The monoisotopic (exact) mass is 357 g/mol. The van der Waals surface area contributed by atoms with Crippen molar-refractivity contribution in [1.29, 1.82) is 0 Å². The molecule has 2 aliphatic heterocycles. The van der Waals surface area contributed by atoms with Gasteiger partial charge in [0.2, 0.25) is 0 Å². The number of likely N-dealkylation sites (tertiary alicyclic amines) is 1. The summed E-state index contributed by atoms with van der Waals surface area (Å²) >= 11 is 0. The van der Waals surface area contributed by atoms with E-state index >= 15 is 0 Å². The molecule has 3 aliphatic rings. The number of morpholine rings is 1. The van der Waals surface area contributed by atoms with E-state index in [-0.39, 0.29) is 6.03 Å². The summed E-state index contributed by atoms with van der Waals surface area (Å²) in [6.45, 7) is 8.15. The number of benzene rings is 1. The normalized spacial score (nSPS) is 23.7. The van der Waals surface area contributed by atoms with E-state index in [1.807, 2.05) is 4.90 Å². The van der Waals surface area contributed by atoms with E-state index < -0.39 is 0 Å². The van der Waals surface area contributed by atoms with Crippen LogP contribution in [0.2, 0.25) is 0 Å². The molecule has 2 saturated heterocycles. The second-order valence-electron chi connectivity index (χ2n) is 8.11. The molecule has 5 heteroatoms. The molecule has 5 nitrogen and oxygen atoms in total. The summed E-state index contributed by atoms with van der Waals surface area (Å²) in [5.74, 6) is 0. The van der Waals surface area contributed by atoms with Crippen LogP contribution in [0.4, 0.5) is 4.79 Å². The zero-order valence-corrected chi connectivity index (χ0v) is 15.9. The Morgan fingerprint density at radius 2 is 1.88 bits per heavy atom. The first-order valence-electron chi connectivity index (χ1n) is 10.1. The van der Waals surface area contributed by atoms with Gasteiger partial charge in [0.15, 0.2) is 0 Å². The average molecular weight is 357 g/mol. The van der Waals surface area contributed by atoms with Crippen LogP contribution < -0.4 is 5.32 Å². The zero-order valence-electron chi connectivity index (χ0n) is 15.9. The van der Waals surface area contributed by atoms with Crippen molar-refractivity contribution in [2.75, 3.05) is 45.9 Å². The topological polar surface area (TPSA) is 44.8 Å². The summed E-state index contributed by atoms with van der Waals surface area (Å²) in [7, 11) is 0. The van der Waals surface area contributed by atoms with E-state index in [1.165, 1.54) is 18.4 Å². The maximum absolute atomic E-state index is 12.6. The number of aryl methyl sites for hydroxylation is 1. The minimum atomic E-state index is 0.103. The molecule has 0 saturated carbocycles. The van der Waals surface area contributed by atoms with Crippen LogP contribution in [0.15, 0.2) is 24.3 Å². The molecule has 1 spiro atoms. The van der Waals surface area contributed by atoms with Crippen LogP contribution in [-0.2, 0) is 16.6 Å². The van der Waals surface area contributed by atoms with Crippen molar-refractivity contribution in [2.45, 2.75) is 44.1 Å². The first kappa shape index (κ1) is 17.8. The minimum Gasteiger partial charge on any atom is -0.379 e. The number of carbonyl (C=O) groups excluding carboxylic acids is 1. The molecule has 2 fully saturated rings. The van der Waals surface area contributed by atoms with Crippen LogP contribution in [0.3, 0.4) is 0 Å². The molecule has 26 heavy (non-hydrogen) atoms. The first-order valence-corrected chi connectivity index (χ1v) is 10.1. The number of hydrogen-bond donors (Lipinski definition) is 1. The number of carbonyl (C=O) groups is 1. The lowest BCUT2D eigenvalue weighted by Gasteiger charge is -2.40. The van der Waals surface area contributed by atoms with Crippen molar-refractivity contribution >= 4 is 6.03 Å². The molecule has 0 aromatic heterocycles. The summed E-state index contributed by atoms with van der Waals surface area (Å²) in [5.41, 5.74) is 3.37. The Hall–Kier alpha value is -1.59. The molecule has 0 bridgehead atoms. The zero-order chi connectivity index (χ0) is 18.0. The average Bonchev–Trinajstić information content (AvgIpc) is 3.05. The highest BCUT2D eigenvalue weighted by Gasteiger charge is 2.41. The molecular formula is C21H31N3O2. The predicted molar refractivity (Wildman–Crippen MR) is 103 cm³/mol. The van der Waals surface area contributed by atoms with Crippen molar-refractivity contribution in [2.24, 2.45) is 0 Å². The molecule has 1 aromatic carbocycles. The third kappa shape index (κ3) is 3.47. The second kappa shape index (κ2) is 7.57. The Kier molecular flexibility index (Phi) is 5.18. The quantitative estimate of drug-likeness (QED) is 0.903. The van der Waals surface area contributed by atoms with E-state index in [2.05, 4.69) is 41.4 Å². The van der Waals surface area contributed by atoms with E-state index in [4.69, 9.17) is 4.74 Å². The van der Waals surface area contributed by atoms with Gasteiger partial charge in [-0.2, -0.15) is 0 Å². The number of amides is 2. The Bertz CT molecular complexity index is 634. The molecule has 0 radical (unpaired) electrons. The van der Waals surface area contributed by atoms with Gasteiger partial charge in [0.1, 0.15) is 0 Å². The first-order chi connectivity index (χ1) is 12.7. The van der Waals surface area contributed by atoms with Gasteiger partial charge in [0.05, 0.1) is 13.2 Å². The fourth-order valence-electron chi connectivity index (χ4n) is 4.92. The maximum atomic E-state index is 12.6. The van der Waals surface area contributed by atoms with Crippen LogP contribution in [-0.4, -0.2) is 67.8 Å². The van der Waals surface area contributed by atoms with Gasteiger partial charge in [-0.05, 0) is 49.1 Å². The van der Waals surface area contributed by atoms with Crippen LogP contribution in [0.5, 0.6) is 0 Å². The molecule has 2 heterocycles. The third-order valence-corrected chi connectivity index (χ3v) is 6.69. The fourth-order valence-corrected chi connectivity index (χ4v) is 4.92. The Morgan fingerprint density at radius 3 is 2.65 bits per heavy atom. The molecule has 1 atom stereocenters. The van der Waals surface area contributed by atoms with Gasteiger partial charge in [0, 0.05) is 38.8 Å². The number of ether oxygens (including phenoxy) is 1. The molecule has 0 unspecified atom stereocenters. The molecule has 1 aromatic rings. The fraction of sp³-hybridized carbons (Fsp3) is 0.667. The van der Waals surface area contributed by atoms with Crippen molar-refractivity contribution in [3.05, 3.63) is 35.4 Å². The summed E-state index contributed by atoms with van der Waals surface area (Å²) in [4.78, 5) is 17.0. The van der Waals surface area contributed by atoms with Gasteiger partial charge < -0.3 is 15.0 Å². The summed E-state index contributed by atoms with van der Waals surface area (Å²) in [6.07, 6.45) is 4.63. The molecule has 4 rings (SSSR count). The number of hydrogen-bond acceptors (Lipinski definition) is 3. The number of fused-ring (bicyclic) bond motifs is 2. The van der Waals surface area contributed by atoms with Gasteiger partial charge >= 0.3 is 6.03 Å². The van der Waals surface area contributed by atoms with Crippen LogP contribution in [0.25, 0.3) is 0 Å². The number of urea groups is 1. The Balaban J connectivity index is 1.28. The van der Waals surface area contributed by atoms with Crippen LogP contribution in [0.1, 0.15) is 37.3 Å². The van der Waals surface area contributed by atoms with Gasteiger partial charge in [-0.25, -0.2) is 4.79 Å². The molecule has 1 N–H and O–H groups in total. The Labute approximate surface area is 156 Å². The largest absolute Gasteiger partial charge is 0.379 e. The number of rotatable bonds is 3. The molecule has 142 valence electrons. The number of nitrogens with one attached hydrogen (secondary N) is 1.